The molecule has 0 unspecified atom stereocenters. The van der Waals surface area contributed by atoms with Gasteiger partial charge in [-0.2, -0.15) is 0 Å². The second-order valence-corrected chi connectivity index (χ2v) is 10.5. The van der Waals surface area contributed by atoms with E-state index in [0.29, 0.717) is 5.39 Å². The van der Waals surface area contributed by atoms with E-state index in [0.717, 1.165) is 54.2 Å². The molecule has 38 heavy (non-hydrogen) atoms. The fourth-order valence-corrected chi connectivity index (χ4v) is 4.97. The third-order valence-electron chi connectivity index (χ3n) is 7.43. The van der Waals surface area contributed by atoms with Crippen LogP contribution in [0.5, 0.6) is 0 Å². The monoisotopic (exact) mass is 504 g/mol. The summed E-state index contributed by atoms with van der Waals surface area (Å²) in [5, 5.41) is 1.59. The topological polar surface area (TPSA) is 0 Å². The average Bonchev–Trinajstić information content (AvgIpc) is 2.96. The van der Waals surface area contributed by atoms with Gasteiger partial charge in [0.2, 0.25) is 0 Å². The van der Waals surface area contributed by atoms with Gasteiger partial charge in [0.1, 0.15) is 5.82 Å². The second kappa shape index (κ2) is 14.5. The van der Waals surface area contributed by atoms with Gasteiger partial charge in [0.05, 0.1) is 0 Å². The van der Waals surface area contributed by atoms with Crippen LogP contribution in [0.3, 0.4) is 0 Å². The molecule has 4 aromatic carbocycles. The van der Waals surface area contributed by atoms with Crippen molar-refractivity contribution in [1.82, 2.24) is 0 Å². The quantitative estimate of drug-likeness (QED) is 0.133. The van der Waals surface area contributed by atoms with Gasteiger partial charge in [-0.05, 0) is 90.4 Å². The average molecular weight is 505 g/mol. The standard InChI is InChI=1S/C37H41F/c1-3-5-7-8-9-10-29-12-14-30(15-13-29)16-17-31-18-20-32(21-19-31)22-23-33-24-27-36-35(28-33)26-25-34(37(36)38)11-6-4-2/h12-15,18-21,24-28H,3-11,16-17H2,1-2H3. The maximum atomic E-state index is 14.8. The molecule has 0 bridgehead atoms. The second-order valence-electron chi connectivity index (χ2n) is 10.5. The van der Waals surface area contributed by atoms with Crippen molar-refractivity contribution in [2.24, 2.45) is 0 Å². The molecular weight excluding hydrogens is 463 g/mol. The van der Waals surface area contributed by atoms with Crippen LogP contribution >= 0.6 is 0 Å². The molecule has 0 fully saturated rings. The fraction of sp³-hybridized carbons (Fsp3) is 0.351. The molecule has 0 saturated carbocycles. The van der Waals surface area contributed by atoms with Gasteiger partial charge in [0.25, 0.3) is 0 Å². The van der Waals surface area contributed by atoms with Crippen LogP contribution in [0.2, 0.25) is 0 Å². The minimum atomic E-state index is -0.0835. The van der Waals surface area contributed by atoms with E-state index in [4.69, 9.17) is 0 Å². The Labute approximate surface area is 229 Å². The van der Waals surface area contributed by atoms with Crippen LogP contribution in [0.1, 0.15) is 92.2 Å². The molecule has 0 atom stereocenters. The molecule has 4 rings (SSSR count). The van der Waals surface area contributed by atoms with Gasteiger partial charge in [-0.25, -0.2) is 4.39 Å². The van der Waals surface area contributed by atoms with Gasteiger partial charge >= 0.3 is 0 Å². The smallest absolute Gasteiger partial charge is 0.134 e. The maximum absolute atomic E-state index is 14.8. The Morgan fingerprint density at radius 2 is 1.11 bits per heavy atom. The van der Waals surface area contributed by atoms with Crippen molar-refractivity contribution < 1.29 is 4.39 Å². The Morgan fingerprint density at radius 1 is 0.526 bits per heavy atom. The summed E-state index contributed by atoms with van der Waals surface area (Å²) in [6.45, 7) is 4.40. The van der Waals surface area contributed by atoms with E-state index in [2.05, 4.69) is 74.2 Å². The first-order valence-corrected chi connectivity index (χ1v) is 14.6. The Hall–Kier alpha value is -3.37. The van der Waals surface area contributed by atoms with Crippen LogP contribution in [0.15, 0.2) is 78.9 Å². The number of unbranched alkanes of at least 4 members (excludes halogenated alkanes) is 5. The fourth-order valence-electron chi connectivity index (χ4n) is 4.97. The third kappa shape index (κ3) is 8.06. The van der Waals surface area contributed by atoms with E-state index in [1.54, 1.807) is 0 Å². The molecule has 1 heteroatoms. The Kier molecular flexibility index (Phi) is 10.6. The lowest BCUT2D eigenvalue weighted by Gasteiger charge is -2.06. The van der Waals surface area contributed by atoms with E-state index >= 15 is 0 Å². The Balaban J connectivity index is 1.30. The van der Waals surface area contributed by atoms with Gasteiger partial charge in [0.15, 0.2) is 0 Å². The van der Waals surface area contributed by atoms with Crippen molar-refractivity contribution >= 4 is 10.8 Å². The van der Waals surface area contributed by atoms with Crippen molar-refractivity contribution in [2.75, 3.05) is 0 Å². The molecule has 0 spiro atoms. The lowest BCUT2D eigenvalue weighted by molar-refractivity contribution is 0.614. The summed E-state index contributed by atoms with van der Waals surface area (Å²) in [7, 11) is 0. The van der Waals surface area contributed by atoms with E-state index in [1.165, 1.54) is 55.2 Å². The number of hydrogen-bond acceptors (Lipinski definition) is 0. The number of fused-ring (bicyclic) bond motifs is 1. The van der Waals surface area contributed by atoms with Gasteiger partial charge < -0.3 is 0 Å². The molecule has 0 nitrogen and oxygen atoms in total. The molecule has 0 radical (unpaired) electrons. The zero-order chi connectivity index (χ0) is 26.6. The highest BCUT2D eigenvalue weighted by Crippen LogP contribution is 2.23. The van der Waals surface area contributed by atoms with Gasteiger partial charge in [-0.15, -0.1) is 0 Å². The van der Waals surface area contributed by atoms with Crippen LogP contribution in [0.4, 0.5) is 4.39 Å². The first-order chi connectivity index (χ1) is 18.7. The minimum absolute atomic E-state index is 0.0835. The predicted molar refractivity (Wildman–Crippen MR) is 161 cm³/mol. The van der Waals surface area contributed by atoms with Gasteiger partial charge in [-0.1, -0.05) is 112 Å². The summed E-state index contributed by atoms with van der Waals surface area (Å²) in [5.74, 6) is 6.44. The molecule has 0 N–H and O–H groups in total. The number of halogens is 1. The minimum Gasteiger partial charge on any atom is -0.206 e. The number of rotatable bonds is 12. The molecule has 0 aliphatic rings. The zero-order valence-corrected chi connectivity index (χ0v) is 23.2. The molecule has 4 aromatic rings. The van der Waals surface area contributed by atoms with Crippen LogP contribution in [0, 0.1) is 17.7 Å². The Morgan fingerprint density at radius 3 is 1.79 bits per heavy atom. The van der Waals surface area contributed by atoms with E-state index < -0.39 is 0 Å². The van der Waals surface area contributed by atoms with Gasteiger partial charge in [0, 0.05) is 16.5 Å². The molecule has 0 heterocycles. The number of benzene rings is 4. The lowest BCUT2D eigenvalue weighted by atomic mass is 10.00. The van der Waals surface area contributed by atoms with E-state index in [9.17, 15) is 4.39 Å². The first-order valence-electron chi connectivity index (χ1n) is 14.6. The summed E-state index contributed by atoms with van der Waals surface area (Å²) < 4.78 is 14.8. The number of hydrogen-bond donors (Lipinski definition) is 0. The normalized spacial score (nSPS) is 10.9. The van der Waals surface area contributed by atoms with Crippen molar-refractivity contribution in [1.29, 1.82) is 0 Å². The Bertz CT molecular complexity index is 1350. The SMILES string of the molecule is CCCCCCCc1ccc(CCc2ccc(C#Cc3ccc4c(F)c(CCCC)ccc4c3)cc2)cc1. The molecule has 0 saturated heterocycles. The van der Waals surface area contributed by atoms with Crippen LogP contribution < -0.4 is 0 Å². The largest absolute Gasteiger partial charge is 0.206 e. The third-order valence-corrected chi connectivity index (χ3v) is 7.43. The molecule has 196 valence electrons. The summed E-state index contributed by atoms with van der Waals surface area (Å²) in [6.07, 6.45) is 12.8. The molecule has 0 aliphatic carbocycles. The van der Waals surface area contributed by atoms with Crippen molar-refractivity contribution in [3.8, 4) is 11.8 Å². The van der Waals surface area contributed by atoms with Crippen molar-refractivity contribution in [2.45, 2.75) is 84.5 Å². The summed E-state index contributed by atoms with van der Waals surface area (Å²) >= 11 is 0. The molecular formula is C37H41F. The molecule has 0 aliphatic heterocycles. The predicted octanol–water partition coefficient (Wildman–Crippen LogP) is 10.0. The lowest BCUT2D eigenvalue weighted by Crippen LogP contribution is -1.93. The number of aryl methyl sites for hydroxylation is 4. The van der Waals surface area contributed by atoms with Crippen molar-refractivity contribution in [3.63, 3.8) is 0 Å². The highest BCUT2D eigenvalue weighted by atomic mass is 19.1. The van der Waals surface area contributed by atoms with E-state index in [-0.39, 0.29) is 5.82 Å². The van der Waals surface area contributed by atoms with Crippen LogP contribution in [-0.2, 0) is 25.7 Å². The van der Waals surface area contributed by atoms with Crippen LogP contribution in [0.25, 0.3) is 10.8 Å². The van der Waals surface area contributed by atoms with Crippen LogP contribution in [-0.4, -0.2) is 0 Å². The summed E-state index contributed by atoms with van der Waals surface area (Å²) in [5.41, 5.74) is 6.90. The highest BCUT2D eigenvalue weighted by molar-refractivity contribution is 5.85. The maximum Gasteiger partial charge on any atom is 0.134 e. The summed E-state index contributed by atoms with van der Waals surface area (Å²) in [6, 6.07) is 27.5. The molecule has 0 amide bonds. The molecule has 0 aromatic heterocycles. The first kappa shape index (κ1) is 27.7. The van der Waals surface area contributed by atoms with Gasteiger partial charge in [-0.3, -0.25) is 0 Å². The van der Waals surface area contributed by atoms with E-state index in [1.807, 2.05) is 30.3 Å². The summed E-state index contributed by atoms with van der Waals surface area (Å²) in [4.78, 5) is 0. The highest BCUT2D eigenvalue weighted by Gasteiger charge is 2.07. The van der Waals surface area contributed by atoms with Crippen molar-refractivity contribution in [3.05, 3.63) is 118 Å². The zero-order valence-electron chi connectivity index (χ0n) is 23.2.